The minimum atomic E-state index is 0.567. The second kappa shape index (κ2) is 7.40. The molecule has 1 N–H and O–H groups in total. The van der Waals surface area contributed by atoms with Gasteiger partial charge in [0, 0.05) is 24.2 Å². The van der Waals surface area contributed by atoms with Crippen LogP contribution in [0.15, 0.2) is 30.5 Å². The van der Waals surface area contributed by atoms with Gasteiger partial charge in [-0.05, 0) is 12.1 Å². The molecule has 0 fully saturated rings. The molecule has 0 atom stereocenters. The van der Waals surface area contributed by atoms with Gasteiger partial charge in [0.05, 0.1) is 40.3 Å². The van der Waals surface area contributed by atoms with Crippen LogP contribution < -0.4 is 24.3 Å². The van der Waals surface area contributed by atoms with Crippen molar-refractivity contribution in [2.75, 3.05) is 33.8 Å². The molecule has 22 heavy (non-hydrogen) atoms. The monoisotopic (exact) mass is 304 g/mol. The lowest BCUT2D eigenvalue weighted by Gasteiger charge is -2.15. The van der Waals surface area contributed by atoms with E-state index in [2.05, 4.69) is 10.3 Å². The predicted molar refractivity (Wildman–Crippen MR) is 84.2 cm³/mol. The Kier molecular flexibility index (Phi) is 5.30. The third kappa shape index (κ3) is 3.52. The van der Waals surface area contributed by atoms with Gasteiger partial charge in [-0.3, -0.25) is 0 Å². The molecular formula is C16H20N2O4. The molecule has 2 rings (SSSR count). The standard InChI is InChI=1S/C16H20N2O4/c1-19-13-8-15(21-3)14(20-2)7-11(13)9-17-12-5-6-16(22-4)18-10-12/h5-8,10,17H,9H2,1-4H3. The summed E-state index contributed by atoms with van der Waals surface area (Å²) in [5.74, 6) is 2.60. The SMILES string of the molecule is COc1ccc(NCc2cc(OC)c(OC)cc2OC)cn1. The minimum Gasteiger partial charge on any atom is -0.496 e. The van der Waals surface area contributed by atoms with Crippen molar-refractivity contribution in [1.82, 2.24) is 4.98 Å². The highest BCUT2D eigenvalue weighted by Crippen LogP contribution is 2.34. The smallest absolute Gasteiger partial charge is 0.213 e. The van der Waals surface area contributed by atoms with Crippen LogP contribution in [-0.2, 0) is 6.54 Å². The summed E-state index contributed by atoms with van der Waals surface area (Å²) in [4.78, 5) is 4.15. The van der Waals surface area contributed by atoms with Gasteiger partial charge < -0.3 is 24.3 Å². The average Bonchev–Trinajstić information content (AvgIpc) is 2.59. The van der Waals surface area contributed by atoms with E-state index in [1.54, 1.807) is 40.7 Å². The zero-order chi connectivity index (χ0) is 15.9. The zero-order valence-electron chi connectivity index (χ0n) is 13.2. The molecule has 118 valence electrons. The molecule has 0 unspecified atom stereocenters. The summed E-state index contributed by atoms with van der Waals surface area (Å²) in [5, 5.41) is 3.28. The second-order valence-electron chi connectivity index (χ2n) is 4.46. The zero-order valence-corrected chi connectivity index (χ0v) is 13.2. The molecule has 0 aliphatic heterocycles. The normalized spacial score (nSPS) is 10.0. The highest BCUT2D eigenvalue weighted by molar-refractivity contribution is 5.52. The van der Waals surface area contributed by atoms with E-state index in [0.29, 0.717) is 23.9 Å². The maximum Gasteiger partial charge on any atom is 0.213 e. The number of benzene rings is 1. The van der Waals surface area contributed by atoms with E-state index in [1.807, 2.05) is 18.2 Å². The highest BCUT2D eigenvalue weighted by atomic mass is 16.5. The van der Waals surface area contributed by atoms with Crippen LogP contribution in [-0.4, -0.2) is 33.4 Å². The number of methoxy groups -OCH3 is 4. The number of nitrogens with one attached hydrogen (secondary N) is 1. The number of anilines is 1. The van der Waals surface area contributed by atoms with Gasteiger partial charge in [0.25, 0.3) is 0 Å². The summed E-state index contributed by atoms with van der Waals surface area (Å²) in [6, 6.07) is 7.40. The van der Waals surface area contributed by atoms with Crippen LogP contribution >= 0.6 is 0 Å². The number of nitrogens with zero attached hydrogens (tertiary/aromatic N) is 1. The summed E-state index contributed by atoms with van der Waals surface area (Å²) in [6.07, 6.45) is 1.71. The molecule has 1 heterocycles. The van der Waals surface area contributed by atoms with E-state index >= 15 is 0 Å². The molecule has 1 aromatic heterocycles. The quantitative estimate of drug-likeness (QED) is 0.848. The molecule has 0 amide bonds. The molecule has 1 aromatic carbocycles. The number of rotatable bonds is 7. The number of ether oxygens (including phenoxy) is 4. The number of aromatic nitrogens is 1. The Balaban J connectivity index is 2.16. The summed E-state index contributed by atoms with van der Waals surface area (Å²) in [6.45, 7) is 0.567. The van der Waals surface area contributed by atoms with Gasteiger partial charge in [0.2, 0.25) is 5.88 Å². The Bertz CT molecular complexity index is 614. The predicted octanol–water partition coefficient (Wildman–Crippen LogP) is 2.73. The molecule has 0 spiro atoms. The van der Waals surface area contributed by atoms with Crippen LogP contribution in [0.4, 0.5) is 5.69 Å². The third-order valence-corrected chi connectivity index (χ3v) is 3.22. The van der Waals surface area contributed by atoms with Gasteiger partial charge in [-0.1, -0.05) is 0 Å². The molecule has 0 aliphatic carbocycles. The van der Waals surface area contributed by atoms with Gasteiger partial charge in [-0.2, -0.15) is 0 Å². The fourth-order valence-electron chi connectivity index (χ4n) is 2.03. The van der Waals surface area contributed by atoms with Crippen LogP contribution in [0.5, 0.6) is 23.1 Å². The van der Waals surface area contributed by atoms with Crippen molar-refractivity contribution in [1.29, 1.82) is 0 Å². The van der Waals surface area contributed by atoms with Crippen molar-refractivity contribution in [2.24, 2.45) is 0 Å². The van der Waals surface area contributed by atoms with Crippen molar-refractivity contribution < 1.29 is 18.9 Å². The Morgan fingerprint density at radius 2 is 1.55 bits per heavy atom. The van der Waals surface area contributed by atoms with Crippen molar-refractivity contribution >= 4 is 5.69 Å². The van der Waals surface area contributed by atoms with E-state index in [0.717, 1.165) is 17.0 Å². The average molecular weight is 304 g/mol. The van der Waals surface area contributed by atoms with Gasteiger partial charge >= 0.3 is 0 Å². The molecule has 0 saturated carbocycles. The van der Waals surface area contributed by atoms with Gasteiger partial charge in [0.1, 0.15) is 5.75 Å². The summed E-state index contributed by atoms with van der Waals surface area (Å²) in [7, 11) is 6.41. The topological polar surface area (TPSA) is 61.8 Å². The van der Waals surface area contributed by atoms with Crippen LogP contribution in [0.25, 0.3) is 0 Å². The van der Waals surface area contributed by atoms with Crippen LogP contribution in [0.3, 0.4) is 0 Å². The molecule has 0 saturated heterocycles. The first-order valence-corrected chi connectivity index (χ1v) is 6.74. The fraction of sp³-hybridized carbons (Fsp3) is 0.312. The van der Waals surface area contributed by atoms with Crippen LogP contribution in [0.1, 0.15) is 5.56 Å². The number of hydrogen-bond donors (Lipinski definition) is 1. The van der Waals surface area contributed by atoms with Gasteiger partial charge in [0.15, 0.2) is 11.5 Å². The molecule has 0 bridgehead atoms. The number of pyridine rings is 1. The van der Waals surface area contributed by atoms with E-state index < -0.39 is 0 Å². The van der Waals surface area contributed by atoms with Crippen LogP contribution in [0, 0.1) is 0 Å². The first-order valence-electron chi connectivity index (χ1n) is 6.74. The highest BCUT2D eigenvalue weighted by Gasteiger charge is 2.11. The third-order valence-electron chi connectivity index (χ3n) is 3.22. The number of hydrogen-bond acceptors (Lipinski definition) is 6. The van der Waals surface area contributed by atoms with Crippen molar-refractivity contribution in [3.8, 4) is 23.1 Å². The lowest BCUT2D eigenvalue weighted by atomic mass is 10.1. The summed E-state index contributed by atoms with van der Waals surface area (Å²) >= 11 is 0. The largest absolute Gasteiger partial charge is 0.496 e. The van der Waals surface area contributed by atoms with Crippen molar-refractivity contribution in [3.63, 3.8) is 0 Å². The fourth-order valence-corrected chi connectivity index (χ4v) is 2.03. The second-order valence-corrected chi connectivity index (χ2v) is 4.46. The van der Waals surface area contributed by atoms with Crippen molar-refractivity contribution in [2.45, 2.75) is 6.54 Å². The Labute approximate surface area is 130 Å². The lowest BCUT2D eigenvalue weighted by molar-refractivity contribution is 0.347. The van der Waals surface area contributed by atoms with E-state index in [1.165, 1.54) is 0 Å². The molecule has 6 nitrogen and oxygen atoms in total. The van der Waals surface area contributed by atoms with E-state index in [4.69, 9.17) is 18.9 Å². The first kappa shape index (κ1) is 15.8. The van der Waals surface area contributed by atoms with Crippen molar-refractivity contribution in [3.05, 3.63) is 36.0 Å². The van der Waals surface area contributed by atoms with E-state index in [-0.39, 0.29) is 0 Å². The molecule has 2 aromatic rings. The van der Waals surface area contributed by atoms with Gasteiger partial charge in [-0.15, -0.1) is 0 Å². The summed E-state index contributed by atoms with van der Waals surface area (Å²) < 4.78 is 21.0. The molecule has 6 heteroatoms. The maximum atomic E-state index is 5.40. The van der Waals surface area contributed by atoms with Gasteiger partial charge in [-0.25, -0.2) is 4.98 Å². The first-order chi connectivity index (χ1) is 10.7. The maximum absolute atomic E-state index is 5.40. The minimum absolute atomic E-state index is 0.567. The van der Waals surface area contributed by atoms with Crippen LogP contribution in [0.2, 0.25) is 0 Å². The lowest BCUT2D eigenvalue weighted by Crippen LogP contribution is -2.03. The molecule has 0 radical (unpaired) electrons. The summed E-state index contributed by atoms with van der Waals surface area (Å²) in [5.41, 5.74) is 1.84. The van der Waals surface area contributed by atoms with E-state index in [9.17, 15) is 0 Å². The Morgan fingerprint density at radius 3 is 2.09 bits per heavy atom. The molecular weight excluding hydrogens is 284 g/mol. The Hall–Kier alpha value is -2.63. The molecule has 0 aliphatic rings. The Morgan fingerprint density at radius 1 is 0.864 bits per heavy atom.